The van der Waals surface area contributed by atoms with Crippen molar-refractivity contribution < 1.29 is 0 Å². The molecule has 0 fully saturated rings. The zero-order valence-corrected chi connectivity index (χ0v) is 14.3. The molecule has 2 heterocycles. The average molecular weight is 416 g/mol. The lowest BCUT2D eigenvalue weighted by Gasteiger charge is -2.15. The number of nitrogens with one attached hydrogen (secondary N) is 2. The zero-order valence-electron chi connectivity index (χ0n) is 10.5. The number of hydrogen-bond acceptors (Lipinski definition) is 5. The number of guanidine groups is 1. The van der Waals surface area contributed by atoms with Gasteiger partial charge in [-0.1, -0.05) is 23.2 Å². The fraction of sp³-hybridized carbons (Fsp3) is 0.455. The first-order valence-electron chi connectivity index (χ1n) is 5.71. The third-order valence-corrected chi connectivity index (χ3v) is 3.06. The third-order valence-electron chi connectivity index (χ3n) is 2.57. The topological polar surface area (TPSA) is 52.5 Å². The maximum Gasteiger partial charge on any atom is 0.193 e. The van der Waals surface area contributed by atoms with Crippen molar-refractivity contribution in [3.63, 3.8) is 0 Å². The largest absolute Gasteiger partial charge is 0.367 e. The van der Waals surface area contributed by atoms with Gasteiger partial charge in [0.2, 0.25) is 0 Å². The van der Waals surface area contributed by atoms with Crippen molar-refractivity contribution >= 4 is 59.0 Å². The summed E-state index contributed by atoms with van der Waals surface area (Å²) in [4.78, 5) is 10.5. The van der Waals surface area contributed by atoms with Crippen molar-refractivity contribution in [3.8, 4) is 0 Å². The van der Waals surface area contributed by atoms with Gasteiger partial charge in [-0.05, 0) is 6.07 Å². The molecule has 2 N–H and O–H groups in total. The molecule has 0 aliphatic carbocycles. The van der Waals surface area contributed by atoms with Crippen molar-refractivity contribution in [2.75, 3.05) is 38.5 Å². The standard InChI is InChI=1S/C11H15Cl2N5.HI/c1-18-5-4-16-11(18)15-3-2-14-10-9(13)6-8(12)7-17-10;/h6-7H,2-5H2,1H3,(H,14,17)(H,15,16);1H. The summed E-state index contributed by atoms with van der Waals surface area (Å²) in [6, 6.07) is 1.67. The van der Waals surface area contributed by atoms with Gasteiger partial charge in [0.05, 0.1) is 16.6 Å². The van der Waals surface area contributed by atoms with Crippen LogP contribution in [0.25, 0.3) is 0 Å². The second kappa shape index (κ2) is 7.96. The predicted molar refractivity (Wildman–Crippen MR) is 91.1 cm³/mol. The summed E-state index contributed by atoms with van der Waals surface area (Å²) in [6.07, 6.45) is 1.57. The second-order valence-electron chi connectivity index (χ2n) is 3.96. The van der Waals surface area contributed by atoms with Crippen molar-refractivity contribution in [3.05, 3.63) is 22.3 Å². The Bertz CT molecular complexity index is 455. The van der Waals surface area contributed by atoms with Crippen molar-refractivity contribution in [2.24, 2.45) is 4.99 Å². The summed E-state index contributed by atoms with van der Waals surface area (Å²) in [5.74, 6) is 1.58. The van der Waals surface area contributed by atoms with E-state index in [4.69, 9.17) is 23.2 Å². The first kappa shape index (κ1) is 16.6. The highest BCUT2D eigenvalue weighted by molar-refractivity contribution is 14.0. The lowest BCUT2D eigenvalue weighted by Crippen LogP contribution is -2.37. The van der Waals surface area contributed by atoms with E-state index in [1.807, 2.05) is 7.05 Å². The highest BCUT2D eigenvalue weighted by Gasteiger charge is 2.10. The summed E-state index contributed by atoms with van der Waals surface area (Å²) < 4.78 is 0. The summed E-state index contributed by atoms with van der Waals surface area (Å²) >= 11 is 11.8. The van der Waals surface area contributed by atoms with Crippen LogP contribution in [0.5, 0.6) is 0 Å². The molecule has 1 aromatic heterocycles. The van der Waals surface area contributed by atoms with Gasteiger partial charge in [-0.25, -0.2) is 4.98 Å². The number of hydrogen-bond donors (Lipinski definition) is 2. The molecule has 0 atom stereocenters. The van der Waals surface area contributed by atoms with E-state index in [2.05, 4.69) is 25.5 Å². The van der Waals surface area contributed by atoms with Crippen LogP contribution in [-0.4, -0.2) is 49.1 Å². The van der Waals surface area contributed by atoms with Gasteiger partial charge in [0, 0.05) is 32.9 Å². The molecule has 2 rings (SSSR count). The van der Waals surface area contributed by atoms with Gasteiger partial charge in [-0.2, -0.15) is 0 Å². The maximum absolute atomic E-state index is 6.00. The van der Waals surface area contributed by atoms with Gasteiger partial charge in [-0.3, -0.25) is 4.99 Å². The van der Waals surface area contributed by atoms with E-state index >= 15 is 0 Å². The van der Waals surface area contributed by atoms with Gasteiger partial charge in [0.1, 0.15) is 5.82 Å². The minimum atomic E-state index is 0. The Balaban J connectivity index is 0.00000180. The first-order chi connectivity index (χ1) is 8.66. The summed E-state index contributed by atoms with van der Waals surface area (Å²) in [6.45, 7) is 3.29. The second-order valence-corrected chi connectivity index (χ2v) is 4.81. The van der Waals surface area contributed by atoms with Crippen LogP contribution < -0.4 is 10.6 Å². The normalized spacial score (nSPS) is 13.8. The number of nitrogens with zero attached hydrogens (tertiary/aromatic N) is 3. The molecule has 5 nitrogen and oxygen atoms in total. The molecule has 0 spiro atoms. The van der Waals surface area contributed by atoms with Crippen molar-refractivity contribution in [1.29, 1.82) is 0 Å². The smallest absolute Gasteiger partial charge is 0.193 e. The number of anilines is 1. The van der Waals surface area contributed by atoms with E-state index in [-0.39, 0.29) is 24.0 Å². The summed E-state index contributed by atoms with van der Waals surface area (Å²) in [7, 11) is 2.02. The first-order valence-corrected chi connectivity index (χ1v) is 6.47. The Labute approximate surface area is 139 Å². The Morgan fingerprint density at radius 1 is 1.32 bits per heavy atom. The Morgan fingerprint density at radius 2 is 2.05 bits per heavy atom. The summed E-state index contributed by atoms with van der Waals surface area (Å²) in [5.41, 5.74) is 0. The molecule has 0 saturated carbocycles. The number of likely N-dealkylation sites (N-methyl/N-ethyl adjacent to an activating group) is 1. The van der Waals surface area contributed by atoms with E-state index in [0.29, 0.717) is 22.4 Å². The molecule has 1 aliphatic heterocycles. The van der Waals surface area contributed by atoms with E-state index < -0.39 is 0 Å². The van der Waals surface area contributed by atoms with Gasteiger partial charge in [0.15, 0.2) is 5.96 Å². The van der Waals surface area contributed by atoms with E-state index in [0.717, 1.165) is 25.6 Å². The Hall–Kier alpha value is -0.470. The zero-order chi connectivity index (χ0) is 13.0. The van der Waals surface area contributed by atoms with Gasteiger partial charge >= 0.3 is 0 Å². The number of aromatic nitrogens is 1. The van der Waals surface area contributed by atoms with E-state index in [1.165, 1.54) is 0 Å². The van der Waals surface area contributed by atoms with Gasteiger partial charge in [0.25, 0.3) is 0 Å². The summed E-state index contributed by atoms with van der Waals surface area (Å²) in [5, 5.41) is 7.45. The molecular weight excluding hydrogens is 400 g/mol. The quantitative estimate of drug-likeness (QED) is 0.585. The van der Waals surface area contributed by atoms with E-state index in [9.17, 15) is 0 Å². The number of pyridine rings is 1. The minimum Gasteiger partial charge on any atom is -0.367 e. The number of rotatable bonds is 4. The molecule has 0 bridgehead atoms. The predicted octanol–water partition coefficient (Wildman–Crippen LogP) is 2.31. The van der Waals surface area contributed by atoms with Gasteiger partial charge in [-0.15, -0.1) is 24.0 Å². The molecule has 19 heavy (non-hydrogen) atoms. The van der Waals surface area contributed by atoms with Crippen LogP contribution >= 0.6 is 47.2 Å². The SMILES string of the molecule is CN1CCN=C1NCCNc1ncc(Cl)cc1Cl.I. The van der Waals surface area contributed by atoms with Crippen molar-refractivity contribution in [1.82, 2.24) is 15.2 Å². The average Bonchev–Trinajstić information content (AvgIpc) is 2.73. The molecule has 0 unspecified atom stereocenters. The van der Waals surface area contributed by atoms with Crippen LogP contribution in [0.3, 0.4) is 0 Å². The van der Waals surface area contributed by atoms with Crippen molar-refractivity contribution in [2.45, 2.75) is 0 Å². The van der Waals surface area contributed by atoms with Crippen LogP contribution in [0.4, 0.5) is 5.82 Å². The van der Waals surface area contributed by atoms with Crippen LogP contribution in [0.1, 0.15) is 0 Å². The monoisotopic (exact) mass is 415 g/mol. The molecule has 1 aromatic rings. The Kier molecular flexibility index (Phi) is 6.95. The van der Waals surface area contributed by atoms with Crippen LogP contribution in [-0.2, 0) is 0 Å². The van der Waals surface area contributed by atoms with Crippen LogP contribution in [0, 0.1) is 0 Å². The molecule has 1 aliphatic rings. The lowest BCUT2D eigenvalue weighted by atomic mass is 10.4. The molecule has 0 radical (unpaired) electrons. The maximum atomic E-state index is 6.00. The minimum absolute atomic E-state index is 0. The lowest BCUT2D eigenvalue weighted by molar-refractivity contribution is 0.535. The molecule has 0 saturated heterocycles. The fourth-order valence-corrected chi connectivity index (χ4v) is 2.07. The molecule has 8 heteroatoms. The van der Waals surface area contributed by atoms with Gasteiger partial charge < -0.3 is 15.5 Å². The number of halogens is 3. The third kappa shape index (κ3) is 4.85. The molecular formula is C11H16Cl2IN5. The Morgan fingerprint density at radius 3 is 2.68 bits per heavy atom. The highest BCUT2D eigenvalue weighted by Crippen LogP contribution is 2.21. The van der Waals surface area contributed by atoms with Crippen LogP contribution in [0.2, 0.25) is 10.0 Å². The number of aliphatic imine (C=N–C) groups is 1. The highest BCUT2D eigenvalue weighted by atomic mass is 127. The molecule has 106 valence electrons. The fourth-order valence-electron chi connectivity index (χ4n) is 1.62. The molecule has 0 amide bonds. The van der Waals surface area contributed by atoms with E-state index in [1.54, 1.807) is 12.3 Å². The molecule has 0 aromatic carbocycles. The van der Waals surface area contributed by atoms with Crippen LogP contribution in [0.15, 0.2) is 17.3 Å².